The van der Waals surface area contributed by atoms with Crippen molar-refractivity contribution in [3.63, 3.8) is 0 Å². The molecule has 1 N–H and O–H groups in total. The van der Waals surface area contributed by atoms with Gasteiger partial charge in [-0.1, -0.05) is 0 Å². The second kappa shape index (κ2) is 5.12. The zero-order valence-corrected chi connectivity index (χ0v) is 10.3. The van der Waals surface area contributed by atoms with E-state index in [9.17, 15) is 4.79 Å². The van der Waals surface area contributed by atoms with Gasteiger partial charge in [-0.05, 0) is 32.8 Å². The van der Waals surface area contributed by atoms with Gasteiger partial charge in [0.1, 0.15) is 5.69 Å². The molecule has 0 atom stereocenters. The summed E-state index contributed by atoms with van der Waals surface area (Å²) in [6.07, 6.45) is 3.96. The first-order chi connectivity index (χ1) is 8.24. The molecule has 2 rings (SSSR count). The van der Waals surface area contributed by atoms with Gasteiger partial charge in [0.2, 0.25) is 5.95 Å². The molecule has 5 heteroatoms. The van der Waals surface area contributed by atoms with Crippen LogP contribution in [0.1, 0.15) is 37.2 Å². The van der Waals surface area contributed by atoms with Crippen LogP contribution in [-0.4, -0.2) is 39.9 Å². The van der Waals surface area contributed by atoms with E-state index in [0.717, 1.165) is 12.8 Å². The van der Waals surface area contributed by atoms with E-state index < -0.39 is 0 Å². The lowest BCUT2D eigenvalue weighted by Crippen LogP contribution is -2.31. The molecule has 1 heterocycles. The minimum atomic E-state index is -0.0313. The number of amides is 1. The van der Waals surface area contributed by atoms with Gasteiger partial charge in [0.05, 0.1) is 0 Å². The van der Waals surface area contributed by atoms with Gasteiger partial charge < -0.3 is 10.2 Å². The van der Waals surface area contributed by atoms with E-state index in [-0.39, 0.29) is 5.91 Å². The van der Waals surface area contributed by atoms with Crippen molar-refractivity contribution in [3.05, 3.63) is 18.0 Å². The molecule has 92 valence electrons. The zero-order chi connectivity index (χ0) is 12.3. The molecule has 5 nitrogen and oxygen atoms in total. The van der Waals surface area contributed by atoms with E-state index >= 15 is 0 Å². The maximum atomic E-state index is 12.1. The fraction of sp³-hybridized carbons (Fsp3) is 0.583. The average Bonchev–Trinajstić information content (AvgIpc) is 3.15. The predicted molar refractivity (Wildman–Crippen MR) is 65.9 cm³/mol. The van der Waals surface area contributed by atoms with Crippen molar-refractivity contribution in [1.82, 2.24) is 14.9 Å². The SMILES string of the molecule is CCN(CC)C(=O)c1ccnc(NC2CC2)n1. The lowest BCUT2D eigenvalue weighted by Gasteiger charge is -2.18. The van der Waals surface area contributed by atoms with E-state index in [0.29, 0.717) is 30.8 Å². The fourth-order valence-corrected chi connectivity index (χ4v) is 1.63. The minimum absolute atomic E-state index is 0.0313. The molecule has 1 saturated carbocycles. The number of anilines is 1. The van der Waals surface area contributed by atoms with Crippen LogP contribution in [0.25, 0.3) is 0 Å². The Morgan fingerprint density at radius 1 is 1.47 bits per heavy atom. The first kappa shape index (κ1) is 11.8. The number of nitrogens with zero attached hydrogens (tertiary/aromatic N) is 3. The molecule has 0 radical (unpaired) electrons. The third-order valence-corrected chi connectivity index (χ3v) is 2.84. The van der Waals surface area contributed by atoms with Gasteiger partial charge in [-0.2, -0.15) is 0 Å². The summed E-state index contributed by atoms with van der Waals surface area (Å²) < 4.78 is 0. The molecule has 1 aliphatic carbocycles. The van der Waals surface area contributed by atoms with Crippen LogP contribution in [-0.2, 0) is 0 Å². The van der Waals surface area contributed by atoms with Gasteiger partial charge in [-0.25, -0.2) is 9.97 Å². The van der Waals surface area contributed by atoms with Crippen molar-refractivity contribution in [2.75, 3.05) is 18.4 Å². The second-order valence-corrected chi connectivity index (χ2v) is 4.16. The van der Waals surface area contributed by atoms with Gasteiger partial charge in [-0.3, -0.25) is 4.79 Å². The summed E-state index contributed by atoms with van der Waals surface area (Å²) in [6, 6.07) is 2.16. The molecule has 0 bridgehead atoms. The van der Waals surface area contributed by atoms with Gasteiger partial charge in [0.15, 0.2) is 0 Å². The molecule has 1 fully saturated rings. The Hall–Kier alpha value is -1.65. The normalized spacial score (nSPS) is 14.5. The van der Waals surface area contributed by atoms with Crippen molar-refractivity contribution in [2.45, 2.75) is 32.7 Å². The molecule has 0 aromatic carbocycles. The highest BCUT2D eigenvalue weighted by molar-refractivity contribution is 5.92. The molecule has 0 unspecified atom stereocenters. The van der Waals surface area contributed by atoms with Crippen LogP contribution in [0.5, 0.6) is 0 Å². The third kappa shape index (κ3) is 2.93. The van der Waals surface area contributed by atoms with Crippen molar-refractivity contribution >= 4 is 11.9 Å². The smallest absolute Gasteiger partial charge is 0.272 e. The summed E-state index contributed by atoms with van der Waals surface area (Å²) in [5, 5.41) is 3.19. The molecule has 1 aromatic heterocycles. The Bertz CT molecular complexity index is 399. The minimum Gasteiger partial charge on any atom is -0.351 e. The zero-order valence-electron chi connectivity index (χ0n) is 10.3. The van der Waals surface area contributed by atoms with Gasteiger partial charge in [-0.15, -0.1) is 0 Å². The largest absolute Gasteiger partial charge is 0.351 e. The summed E-state index contributed by atoms with van der Waals surface area (Å²) in [5.74, 6) is 0.529. The van der Waals surface area contributed by atoms with Crippen LogP contribution in [0.3, 0.4) is 0 Å². The molecule has 0 spiro atoms. The molecule has 0 saturated heterocycles. The van der Waals surface area contributed by atoms with Crippen LogP contribution in [0.4, 0.5) is 5.95 Å². The highest BCUT2D eigenvalue weighted by Crippen LogP contribution is 2.22. The number of hydrogen-bond donors (Lipinski definition) is 1. The highest BCUT2D eigenvalue weighted by atomic mass is 16.2. The number of nitrogens with one attached hydrogen (secondary N) is 1. The number of aromatic nitrogens is 2. The molecule has 0 aliphatic heterocycles. The Kier molecular flexibility index (Phi) is 3.56. The van der Waals surface area contributed by atoms with Crippen LogP contribution in [0.15, 0.2) is 12.3 Å². The lowest BCUT2D eigenvalue weighted by molar-refractivity contribution is 0.0767. The van der Waals surface area contributed by atoms with E-state index in [4.69, 9.17) is 0 Å². The molecular weight excluding hydrogens is 216 g/mol. The summed E-state index contributed by atoms with van der Waals surface area (Å²) in [4.78, 5) is 22.2. The molecule has 1 aliphatic rings. The molecule has 17 heavy (non-hydrogen) atoms. The monoisotopic (exact) mass is 234 g/mol. The maximum absolute atomic E-state index is 12.1. The molecular formula is C12H18N4O. The van der Waals surface area contributed by atoms with E-state index in [1.54, 1.807) is 17.2 Å². The summed E-state index contributed by atoms with van der Waals surface area (Å²) >= 11 is 0. The number of carbonyl (C=O) groups excluding carboxylic acids is 1. The van der Waals surface area contributed by atoms with Crippen molar-refractivity contribution in [1.29, 1.82) is 0 Å². The Balaban J connectivity index is 2.10. The molecule has 1 aromatic rings. The predicted octanol–water partition coefficient (Wildman–Crippen LogP) is 1.53. The fourth-order valence-electron chi connectivity index (χ4n) is 1.63. The van der Waals surface area contributed by atoms with Crippen LogP contribution >= 0.6 is 0 Å². The van der Waals surface area contributed by atoms with Gasteiger partial charge >= 0.3 is 0 Å². The van der Waals surface area contributed by atoms with Crippen molar-refractivity contribution in [2.24, 2.45) is 0 Å². The van der Waals surface area contributed by atoms with Crippen LogP contribution in [0.2, 0.25) is 0 Å². The van der Waals surface area contributed by atoms with E-state index in [1.807, 2.05) is 13.8 Å². The number of hydrogen-bond acceptors (Lipinski definition) is 4. The maximum Gasteiger partial charge on any atom is 0.272 e. The average molecular weight is 234 g/mol. The van der Waals surface area contributed by atoms with Crippen LogP contribution in [0, 0.1) is 0 Å². The summed E-state index contributed by atoms with van der Waals surface area (Å²) in [6.45, 7) is 5.33. The summed E-state index contributed by atoms with van der Waals surface area (Å²) in [7, 11) is 0. The standard InChI is InChI=1S/C12H18N4O/c1-3-16(4-2)11(17)10-7-8-13-12(15-10)14-9-5-6-9/h7-9H,3-6H2,1-2H3,(H,13,14,15). The first-order valence-corrected chi connectivity index (χ1v) is 6.13. The van der Waals surface area contributed by atoms with E-state index in [1.165, 1.54) is 0 Å². The van der Waals surface area contributed by atoms with Crippen molar-refractivity contribution in [3.8, 4) is 0 Å². The second-order valence-electron chi connectivity index (χ2n) is 4.16. The van der Waals surface area contributed by atoms with Gasteiger partial charge in [0, 0.05) is 25.3 Å². The highest BCUT2D eigenvalue weighted by Gasteiger charge is 2.22. The topological polar surface area (TPSA) is 58.1 Å². The summed E-state index contributed by atoms with van der Waals surface area (Å²) in [5.41, 5.74) is 0.465. The number of carbonyl (C=O) groups is 1. The lowest BCUT2D eigenvalue weighted by atomic mass is 10.3. The Morgan fingerprint density at radius 3 is 2.76 bits per heavy atom. The van der Waals surface area contributed by atoms with Crippen molar-refractivity contribution < 1.29 is 4.79 Å². The van der Waals surface area contributed by atoms with Crippen LogP contribution < -0.4 is 5.32 Å². The van der Waals surface area contributed by atoms with E-state index in [2.05, 4.69) is 15.3 Å². The first-order valence-electron chi connectivity index (χ1n) is 6.13. The quantitative estimate of drug-likeness (QED) is 0.839. The van der Waals surface area contributed by atoms with Gasteiger partial charge in [0.25, 0.3) is 5.91 Å². The Labute approximate surface area is 101 Å². The number of rotatable bonds is 5. The third-order valence-electron chi connectivity index (χ3n) is 2.84. The Morgan fingerprint density at radius 2 is 2.18 bits per heavy atom. The molecule has 1 amide bonds.